The van der Waals surface area contributed by atoms with Crippen molar-refractivity contribution in [2.45, 2.75) is 109 Å². The fraction of sp³-hybridized carbons (Fsp3) is 1.00. The first kappa shape index (κ1) is 19.8. The van der Waals surface area contributed by atoms with Gasteiger partial charge in [0, 0.05) is 30.8 Å². The van der Waals surface area contributed by atoms with E-state index in [0.29, 0.717) is 5.54 Å². The Kier molecular flexibility index (Phi) is 5.76. The van der Waals surface area contributed by atoms with Crippen LogP contribution in [-0.2, 0) is 8.85 Å². The summed E-state index contributed by atoms with van der Waals surface area (Å²) in [4.78, 5) is 0. The van der Waals surface area contributed by atoms with Gasteiger partial charge in [0.1, 0.15) is 0 Å². The van der Waals surface area contributed by atoms with E-state index in [1.165, 1.54) is 64.2 Å². The molecule has 0 amide bonds. The molecule has 1 heterocycles. The molecule has 4 heteroatoms. The first-order chi connectivity index (χ1) is 11.8. The highest BCUT2D eigenvalue weighted by molar-refractivity contribution is 6.66. The highest BCUT2D eigenvalue weighted by atomic mass is 28.4. The summed E-state index contributed by atoms with van der Waals surface area (Å²) >= 11 is 0. The Morgan fingerprint density at radius 3 is 1.88 bits per heavy atom. The van der Waals surface area contributed by atoms with Gasteiger partial charge in [-0.05, 0) is 78.1 Å². The molecule has 0 spiro atoms. The van der Waals surface area contributed by atoms with Crippen molar-refractivity contribution in [3.8, 4) is 0 Å². The van der Waals surface area contributed by atoms with Crippen LogP contribution in [0.25, 0.3) is 0 Å². The molecule has 0 aromatic heterocycles. The van der Waals surface area contributed by atoms with Crippen LogP contribution in [0, 0.1) is 11.8 Å². The molecular formula is C21H41NO2Si. The Balaban J connectivity index is 1.92. The zero-order valence-corrected chi connectivity index (χ0v) is 18.6. The maximum Gasteiger partial charge on any atom is 0.431 e. The summed E-state index contributed by atoms with van der Waals surface area (Å²) in [7, 11) is 1.41. The second kappa shape index (κ2) is 7.25. The Hall–Kier alpha value is 0.0969. The van der Waals surface area contributed by atoms with Crippen molar-refractivity contribution in [3.63, 3.8) is 0 Å². The lowest BCUT2D eigenvalue weighted by Crippen LogP contribution is -2.74. The second-order valence-corrected chi connectivity index (χ2v) is 13.5. The molecular weight excluding hydrogens is 326 g/mol. The largest absolute Gasteiger partial charge is 0.431 e. The van der Waals surface area contributed by atoms with E-state index in [2.05, 4.69) is 32.3 Å². The van der Waals surface area contributed by atoms with Crippen molar-refractivity contribution in [1.29, 1.82) is 0 Å². The molecule has 3 atom stereocenters. The molecule has 25 heavy (non-hydrogen) atoms. The van der Waals surface area contributed by atoms with E-state index in [9.17, 15) is 0 Å². The Morgan fingerprint density at radius 2 is 1.32 bits per heavy atom. The van der Waals surface area contributed by atoms with Crippen molar-refractivity contribution in [2.75, 3.05) is 14.2 Å². The van der Waals surface area contributed by atoms with Crippen LogP contribution in [0.5, 0.6) is 0 Å². The maximum absolute atomic E-state index is 6.46. The third-order valence-corrected chi connectivity index (χ3v) is 12.3. The molecule has 3 unspecified atom stereocenters. The minimum absolute atomic E-state index is 0.156. The zero-order valence-electron chi connectivity index (χ0n) is 17.6. The number of nitrogens with zero attached hydrogens (tertiary/aromatic N) is 1. The summed E-state index contributed by atoms with van der Waals surface area (Å²) in [5.74, 6) is 1.90. The molecule has 3 fully saturated rings. The van der Waals surface area contributed by atoms with E-state index in [0.717, 1.165) is 11.8 Å². The Bertz CT molecular complexity index is 445. The van der Waals surface area contributed by atoms with Crippen LogP contribution in [0.2, 0.25) is 5.54 Å². The van der Waals surface area contributed by atoms with Gasteiger partial charge in [-0.25, -0.2) is 0 Å². The molecule has 146 valence electrons. The van der Waals surface area contributed by atoms with Crippen LogP contribution in [0.1, 0.15) is 91.9 Å². The molecule has 3 nitrogen and oxygen atoms in total. The lowest BCUT2D eigenvalue weighted by molar-refractivity contribution is -0.0190. The summed E-state index contributed by atoms with van der Waals surface area (Å²) in [6.45, 7) is 9.67. The van der Waals surface area contributed by atoms with Gasteiger partial charge in [0.2, 0.25) is 0 Å². The Morgan fingerprint density at radius 1 is 0.760 bits per heavy atom. The lowest BCUT2D eigenvalue weighted by atomic mass is 9.71. The topological polar surface area (TPSA) is 21.7 Å². The van der Waals surface area contributed by atoms with E-state index in [-0.39, 0.29) is 11.1 Å². The summed E-state index contributed by atoms with van der Waals surface area (Å²) < 4.78 is 15.7. The molecule has 1 aliphatic heterocycles. The zero-order chi connectivity index (χ0) is 18.3. The summed E-state index contributed by atoms with van der Waals surface area (Å²) in [5, 5.41) is 0. The van der Waals surface area contributed by atoms with Crippen molar-refractivity contribution in [1.82, 2.24) is 4.57 Å². The molecule has 0 bridgehead atoms. The normalized spacial score (nSPS) is 36.0. The molecule has 0 N–H and O–H groups in total. The summed E-state index contributed by atoms with van der Waals surface area (Å²) in [6.07, 6.45) is 13.6. The van der Waals surface area contributed by atoms with Gasteiger partial charge in [-0.1, -0.05) is 25.7 Å². The van der Waals surface area contributed by atoms with Crippen LogP contribution < -0.4 is 0 Å². The van der Waals surface area contributed by atoms with Gasteiger partial charge in [-0.2, -0.15) is 0 Å². The minimum Gasteiger partial charge on any atom is -0.386 e. The summed E-state index contributed by atoms with van der Waals surface area (Å²) in [6, 6.07) is 0. The van der Waals surface area contributed by atoms with Crippen LogP contribution in [0.15, 0.2) is 0 Å². The fourth-order valence-electron chi connectivity index (χ4n) is 6.83. The highest BCUT2D eigenvalue weighted by Crippen LogP contribution is 2.53. The third-order valence-electron chi connectivity index (χ3n) is 7.74. The number of fused-ring (bicyclic) bond motifs is 1. The van der Waals surface area contributed by atoms with Gasteiger partial charge < -0.3 is 8.85 Å². The monoisotopic (exact) mass is 367 g/mol. The Labute approximate surface area is 157 Å². The lowest BCUT2D eigenvalue weighted by Gasteiger charge is -2.61. The highest BCUT2D eigenvalue weighted by Gasteiger charge is 2.61. The molecule has 3 rings (SSSR count). The minimum atomic E-state index is -2.46. The van der Waals surface area contributed by atoms with Gasteiger partial charge in [0.15, 0.2) is 0 Å². The van der Waals surface area contributed by atoms with Crippen LogP contribution in [-0.4, -0.2) is 38.6 Å². The molecule has 0 radical (unpaired) electrons. The first-order valence-electron chi connectivity index (χ1n) is 10.7. The predicted octanol–water partition coefficient (Wildman–Crippen LogP) is 5.62. The average molecular weight is 368 g/mol. The molecule has 1 saturated heterocycles. The van der Waals surface area contributed by atoms with Gasteiger partial charge in [0.25, 0.3) is 0 Å². The average Bonchev–Trinajstić information content (AvgIpc) is 2.57. The fourth-order valence-corrected chi connectivity index (χ4v) is 11.4. The number of hydrogen-bond donors (Lipinski definition) is 0. The van der Waals surface area contributed by atoms with E-state index < -0.39 is 8.72 Å². The van der Waals surface area contributed by atoms with Gasteiger partial charge in [0.05, 0.1) is 0 Å². The summed E-state index contributed by atoms with van der Waals surface area (Å²) in [5.41, 5.74) is 0.922. The third kappa shape index (κ3) is 3.49. The van der Waals surface area contributed by atoms with E-state index in [1.807, 2.05) is 14.2 Å². The van der Waals surface area contributed by atoms with E-state index in [1.54, 1.807) is 0 Å². The number of rotatable bonds is 4. The molecule has 3 aliphatic rings. The van der Waals surface area contributed by atoms with Crippen molar-refractivity contribution < 1.29 is 8.85 Å². The molecule has 2 aliphatic carbocycles. The predicted molar refractivity (Wildman–Crippen MR) is 107 cm³/mol. The molecule has 0 aromatic carbocycles. The van der Waals surface area contributed by atoms with Crippen LogP contribution in [0.4, 0.5) is 0 Å². The first-order valence-corrected chi connectivity index (χ1v) is 12.5. The molecule has 0 aromatic rings. The van der Waals surface area contributed by atoms with Gasteiger partial charge >= 0.3 is 8.72 Å². The van der Waals surface area contributed by atoms with Gasteiger partial charge in [-0.3, -0.25) is 4.57 Å². The van der Waals surface area contributed by atoms with Crippen molar-refractivity contribution in [2.24, 2.45) is 11.8 Å². The van der Waals surface area contributed by atoms with Crippen LogP contribution >= 0.6 is 0 Å². The van der Waals surface area contributed by atoms with Crippen LogP contribution in [0.3, 0.4) is 0 Å². The smallest absolute Gasteiger partial charge is 0.386 e. The second-order valence-electron chi connectivity index (χ2n) is 10.2. The number of hydrogen-bond acceptors (Lipinski definition) is 3. The SMILES string of the molecule is CO[Si](OC)(C1CCC2CCCCC2C1)N1C(C)(C)CCCC1(C)C. The van der Waals surface area contributed by atoms with Crippen molar-refractivity contribution >= 4 is 8.72 Å². The van der Waals surface area contributed by atoms with E-state index in [4.69, 9.17) is 8.85 Å². The molecule has 2 saturated carbocycles. The van der Waals surface area contributed by atoms with Gasteiger partial charge in [-0.15, -0.1) is 0 Å². The van der Waals surface area contributed by atoms with E-state index >= 15 is 0 Å². The maximum atomic E-state index is 6.46. The number of piperidine rings is 1. The van der Waals surface area contributed by atoms with Crippen molar-refractivity contribution in [3.05, 3.63) is 0 Å². The quantitative estimate of drug-likeness (QED) is 0.602. The standard InChI is InChI=1S/C21H41NO2Si/c1-20(2)14-9-15-21(3,4)22(20)25(23-5,24-6)19-13-12-17-10-7-8-11-18(17)16-19/h17-19H,7-16H2,1-6H3.